The summed E-state index contributed by atoms with van der Waals surface area (Å²) in [6.45, 7) is 1.83. The van der Waals surface area contributed by atoms with E-state index in [4.69, 9.17) is 10.8 Å². The normalized spacial score (nSPS) is 12.3. The van der Waals surface area contributed by atoms with Crippen LogP contribution < -0.4 is 11.3 Å². The number of nitrogens with zero attached hydrogens (tertiary/aromatic N) is 5. The number of phenols is 1. The fourth-order valence-corrected chi connectivity index (χ4v) is 5.30. The van der Waals surface area contributed by atoms with Crippen molar-refractivity contribution in [1.29, 1.82) is 0 Å². The number of anilines is 1. The zero-order valence-corrected chi connectivity index (χ0v) is 22.5. The second-order valence-corrected chi connectivity index (χ2v) is 10.2. The molecule has 3 aromatic heterocycles. The molecule has 1 unspecified atom stereocenters. The lowest BCUT2D eigenvalue weighted by Gasteiger charge is -2.21. The summed E-state index contributed by atoms with van der Waals surface area (Å²) in [7, 11) is 0. The van der Waals surface area contributed by atoms with Gasteiger partial charge in [0.05, 0.1) is 28.2 Å². The summed E-state index contributed by atoms with van der Waals surface area (Å²) in [6.07, 6.45) is 1.30. The predicted molar refractivity (Wildman–Crippen MR) is 153 cm³/mol. The fourth-order valence-electron chi connectivity index (χ4n) is 4.78. The van der Waals surface area contributed by atoms with Crippen molar-refractivity contribution < 1.29 is 13.9 Å². The van der Waals surface area contributed by atoms with Crippen molar-refractivity contribution in [2.75, 3.05) is 5.73 Å². The quantitative estimate of drug-likeness (QED) is 0.245. The molecule has 0 aliphatic carbocycles. The van der Waals surface area contributed by atoms with Gasteiger partial charge in [0.25, 0.3) is 5.56 Å². The highest BCUT2D eigenvalue weighted by Gasteiger charge is 2.25. The molecule has 194 valence electrons. The van der Waals surface area contributed by atoms with Gasteiger partial charge in [-0.3, -0.25) is 9.36 Å². The molecule has 0 radical (unpaired) electrons. The Balaban J connectivity index is 1.66. The third-order valence-electron chi connectivity index (χ3n) is 6.62. The molecule has 1 atom stereocenters. The van der Waals surface area contributed by atoms with Crippen LogP contribution in [0.25, 0.3) is 38.8 Å². The Morgan fingerprint density at radius 2 is 1.77 bits per heavy atom. The third-order valence-corrected chi connectivity index (χ3v) is 7.30. The van der Waals surface area contributed by atoms with E-state index in [0.29, 0.717) is 39.1 Å². The van der Waals surface area contributed by atoms with Crippen LogP contribution in [0.2, 0.25) is 0 Å². The molecule has 0 amide bonds. The molecule has 39 heavy (non-hydrogen) atoms. The van der Waals surface area contributed by atoms with E-state index in [2.05, 4.69) is 32.6 Å². The summed E-state index contributed by atoms with van der Waals surface area (Å²) < 4.78 is 33.1. The van der Waals surface area contributed by atoms with Crippen LogP contribution in [0.1, 0.15) is 18.7 Å². The largest absolute Gasteiger partial charge is 0.505 e. The molecule has 11 heteroatoms. The molecular weight excluding hydrogens is 617 g/mol. The highest BCUT2D eigenvalue weighted by atomic mass is 127. The number of pyridine rings is 1. The Bertz CT molecular complexity index is 1990. The average Bonchev–Trinajstić information content (AvgIpc) is 3.30. The Hall–Kier alpha value is -4.39. The molecule has 3 aromatic carbocycles. The highest BCUT2D eigenvalue weighted by Crippen LogP contribution is 2.35. The molecule has 0 saturated heterocycles. The molecule has 8 nitrogen and oxygen atoms in total. The smallest absolute Gasteiger partial charge is 0.266 e. The summed E-state index contributed by atoms with van der Waals surface area (Å²) in [5, 5.41) is 15.2. The van der Waals surface area contributed by atoms with Crippen LogP contribution in [0.4, 0.5) is 14.6 Å². The van der Waals surface area contributed by atoms with Gasteiger partial charge < -0.3 is 10.8 Å². The lowest BCUT2D eigenvalue weighted by Crippen LogP contribution is -2.26. The Labute approximate surface area is 233 Å². The Morgan fingerprint density at radius 1 is 0.974 bits per heavy atom. The second kappa shape index (κ2) is 9.42. The lowest BCUT2D eigenvalue weighted by molar-refractivity contribution is 0.432. The van der Waals surface area contributed by atoms with Gasteiger partial charge in [-0.15, -0.1) is 0 Å². The molecule has 6 aromatic rings. The minimum atomic E-state index is -0.817. The summed E-state index contributed by atoms with van der Waals surface area (Å²) in [5.41, 5.74) is 7.82. The first kappa shape index (κ1) is 24.9. The molecule has 3 N–H and O–H groups in total. The Morgan fingerprint density at radius 3 is 2.54 bits per heavy atom. The van der Waals surface area contributed by atoms with E-state index >= 15 is 0 Å². The number of benzene rings is 3. The van der Waals surface area contributed by atoms with Crippen LogP contribution in [-0.4, -0.2) is 29.4 Å². The van der Waals surface area contributed by atoms with Crippen LogP contribution in [-0.2, 0) is 0 Å². The van der Waals surface area contributed by atoms with E-state index in [9.17, 15) is 18.7 Å². The van der Waals surface area contributed by atoms with Crippen LogP contribution in [0.5, 0.6) is 5.75 Å². The standard InChI is InChI=1S/C28H19F2IN6O2/c1-14(37-27-24(26(32)33-13-34-27)25(35-37)16-8-9-22(38)20(30)10-16)21-11-15-4-2-7-19(29)23(15)28(39)36(21)18-6-3-5-17(31)12-18/h2-14,38H,1H3,(H2,32,33,34). The third kappa shape index (κ3) is 4.09. The first-order chi connectivity index (χ1) is 18.7. The second-order valence-electron chi connectivity index (χ2n) is 8.99. The maximum absolute atomic E-state index is 14.9. The minimum absolute atomic E-state index is 0.0236. The van der Waals surface area contributed by atoms with Crippen LogP contribution >= 0.6 is 22.6 Å². The van der Waals surface area contributed by atoms with Gasteiger partial charge in [-0.25, -0.2) is 23.4 Å². The summed E-state index contributed by atoms with van der Waals surface area (Å²) in [5.74, 6) is -1.79. The highest BCUT2D eigenvalue weighted by molar-refractivity contribution is 14.1. The molecule has 0 fully saturated rings. The lowest BCUT2D eigenvalue weighted by atomic mass is 10.1. The number of hydrogen-bond donors (Lipinski definition) is 2. The zero-order valence-electron chi connectivity index (χ0n) is 20.3. The van der Waals surface area contributed by atoms with Gasteiger partial charge >= 0.3 is 0 Å². The topological polar surface area (TPSA) is 112 Å². The number of hydrogen-bond acceptors (Lipinski definition) is 6. The van der Waals surface area contributed by atoms with Gasteiger partial charge in [0, 0.05) is 9.13 Å². The van der Waals surface area contributed by atoms with Gasteiger partial charge in [-0.2, -0.15) is 5.10 Å². The number of nitrogen functional groups attached to an aromatic ring is 1. The number of nitrogens with two attached hydrogens (primary N) is 1. The average molecular weight is 636 g/mol. The SMILES string of the molecule is CC(c1cc2cccc(F)c2c(=O)n1-c1cccc(I)c1)n1nc(-c2ccc(O)c(F)c2)c2c(N)ncnc21. The molecule has 0 aliphatic heterocycles. The molecule has 0 bridgehead atoms. The van der Waals surface area contributed by atoms with Gasteiger partial charge in [0.15, 0.2) is 17.2 Å². The number of aromatic hydroxyl groups is 1. The van der Waals surface area contributed by atoms with Crippen molar-refractivity contribution in [3.63, 3.8) is 0 Å². The maximum Gasteiger partial charge on any atom is 0.266 e. The molecular formula is C28H19F2IN6O2. The van der Waals surface area contributed by atoms with E-state index in [1.54, 1.807) is 28.9 Å². The number of halogens is 3. The van der Waals surface area contributed by atoms with E-state index in [-0.39, 0.29) is 11.2 Å². The monoisotopic (exact) mass is 636 g/mol. The molecule has 0 saturated carbocycles. The summed E-state index contributed by atoms with van der Waals surface area (Å²) in [6, 6.07) is 16.8. The van der Waals surface area contributed by atoms with Crippen molar-refractivity contribution in [1.82, 2.24) is 24.3 Å². The van der Waals surface area contributed by atoms with E-state index in [1.165, 1.54) is 29.1 Å². The maximum atomic E-state index is 14.9. The van der Waals surface area contributed by atoms with Crippen molar-refractivity contribution >= 4 is 50.2 Å². The van der Waals surface area contributed by atoms with Crippen molar-refractivity contribution in [2.45, 2.75) is 13.0 Å². The van der Waals surface area contributed by atoms with Crippen molar-refractivity contribution in [2.24, 2.45) is 0 Å². The number of aromatic nitrogens is 5. The fraction of sp³-hybridized carbons (Fsp3) is 0.0714. The van der Waals surface area contributed by atoms with Crippen LogP contribution in [0, 0.1) is 15.2 Å². The number of fused-ring (bicyclic) bond motifs is 2. The van der Waals surface area contributed by atoms with Crippen LogP contribution in [0.15, 0.2) is 77.9 Å². The van der Waals surface area contributed by atoms with Crippen LogP contribution in [0.3, 0.4) is 0 Å². The molecule has 3 heterocycles. The minimum Gasteiger partial charge on any atom is -0.505 e. The van der Waals surface area contributed by atoms with E-state index < -0.39 is 29.0 Å². The summed E-state index contributed by atoms with van der Waals surface area (Å²) in [4.78, 5) is 22.3. The van der Waals surface area contributed by atoms with Crippen molar-refractivity contribution in [3.8, 4) is 22.7 Å². The molecule has 0 spiro atoms. The molecule has 0 aliphatic rings. The first-order valence-electron chi connectivity index (χ1n) is 11.8. The zero-order chi connectivity index (χ0) is 27.4. The van der Waals surface area contributed by atoms with Crippen molar-refractivity contribution in [3.05, 3.63) is 104 Å². The predicted octanol–water partition coefficient (Wildman–Crippen LogP) is 5.58. The van der Waals surface area contributed by atoms with Gasteiger partial charge in [0.1, 0.15) is 23.7 Å². The van der Waals surface area contributed by atoms with Gasteiger partial charge in [0.2, 0.25) is 0 Å². The van der Waals surface area contributed by atoms with E-state index in [0.717, 1.165) is 9.64 Å². The Kier molecular flexibility index (Phi) is 6.02. The van der Waals surface area contributed by atoms with Gasteiger partial charge in [-0.1, -0.05) is 18.2 Å². The number of phenolic OH excluding ortho intramolecular Hbond substituents is 1. The first-order valence-corrected chi connectivity index (χ1v) is 12.9. The summed E-state index contributed by atoms with van der Waals surface area (Å²) >= 11 is 2.15. The van der Waals surface area contributed by atoms with Gasteiger partial charge in [-0.05, 0) is 83.4 Å². The number of rotatable bonds is 4. The molecule has 6 rings (SSSR count). The van der Waals surface area contributed by atoms with E-state index in [1.807, 2.05) is 25.1 Å².